The minimum absolute atomic E-state index is 0.0617. The number of benzene rings is 1. The quantitative estimate of drug-likeness (QED) is 0.930. The number of anilines is 1. The van der Waals surface area contributed by atoms with E-state index in [-0.39, 0.29) is 12.5 Å². The molecule has 0 saturated heterocycles. The lowest BCUT2D eigenvalue weighted by Gasteiger charge is -2.17. The maximum atomic E-state index is 12.1. The number of nitrogens with one attached hydrogen (secondary N) is 1. The Balaban J connectivity index is 1.68. The first kappa shape index (κ1) is 15.6. The SMILES string of the molecule is C[C@@H]1CCc2sc(NC(=O)COc3ccccc3)c(C#N)c2C1. The van der Waals surface area contributed by atoms with E-state index in [4.69, 9.17) is 4.74 Å². The lowest BCUT2D eigenvalue weighted by atomic mass is 9.88. The number of carbonyl (C=O) groups is 1. The largest absolute Gasteiger partial charge is 0.484 e. The van der Waals surface area contributed by atoms with Gasteiger partial charge in [0.25, 0.3) is 5.91 Å². The summed E-state index contributed by atoms with van der Waals surface area (Å²) in [5.41, 5.74) is 1.75. The van der Waals surface area contributed by atoms with Crippen molar-refractivity contribution in [2.45, 2.75) is 26.2 Å². The van der Waals surface area contributed by atoms with Crippen molar-refractivity contribution in [2.75, 3.05) is 11.9 Å². The van der Waals surface area contributed by atoms with Crippen LogP contribution in [0.4, 0.5) is 5.00 Å². The molecule has 0 bridgehead atoms. The first-order valence-corrected chi connectivity index (χ1v) is 8.51. The smallest absolute Gasteiger partial charge is 0.262 e. The van der Waals surface area contributed by atoms with Gasteiger partial charge in [0.05, 0.1) is 5.56 Å². The fourth-order valence-corrected chi connectivity index (χ4v) is 4.00. The molecule has 2 aromatic rings. The van der Waals surface area contributed by atoms with E-state index in [1.807, 2.05) is 18.2 Å². The minimum Gasteiger partial charge on any atom is -0.484 e. The number of aryl methyl sites for hydroxylation is 1. The molecule has 0 aliphatic heterocycles. The summed E-state index contributed by atoms with van der Waals surface area (Å²) >= 11 is 1.53. The highest BCUT2D eigenvalue weighted by molar-refractivity contribution is 7.16. The van der Waals surface area contributed by atoms with Crippen LogP contribution in [0.5, 0.6) is 5.75 Å². The third kappa shape index (κ3) is 3.54. The number of hydrogen-bond donors (Lipinski definition) is 1. The third-order valence-electron chi connectivity index (χ3n) is 3.99. The topological polar surface area (TPSA) is 62.1 Å². The highest BCUT2D eigenvalue weighted by atomic mass is 32.1. The summed E-state index contributed by atoms with van der Waals surface area (Å²) in [4.78, 5) is 13.3. The predicted molar refractivity (Wildman–Crippen MR) is 90.8 cm³/mol. The third-order valence-corrected chi connectivity index (χ3v) is 5.19. The molecule has 4 nitrogen and oxygen atoms in total. The number of carbonyl (C=O) groups excluding carboxylic acids is 1. The van der Waals surface area contributed by atoms with E-state index in [0.717, 1.165) is 24.8 Å². The Kier molecular flexibility index (Phi) is 4.63. The molecule has 1 aliphatic carbocycles. The molecule has 1 aromatic heterocycles. The summed E-state index contributed by atoms with van der Waals surface area (Å²) in [6, 6.07) is 11.5. The first-order chi connectivity index (χ1) is 11.2. The Bertz CT molecular complexity index is 746. The molecule has 118 valence electrons. The Labute approximate surface area is 139 Å². The van der Waals surface area contributed by atoms with Gasteiger partial charge in [-0.05, 0) is 42.9 Å². The number of hydrogen-bond acceptors (Lipinski definition) is 4. The van der Waals surface area contributed by atoms with Gasteiger partial charge < -0.3 is 10.1 Å². The second kappa shape index (κ2) is 6.84. The van der Waals surface area contributed by atoms with Crippen LogP contribution in [0.15, 0.2) is 30.3 Å². The first-order valence-electron chi connectivity index (χ1n) is 7.69. The summed E-state index contributed by atoms with van der Waals surface area (Å²) < 4.78 is 5.44. The summed E-state index contributed by atoms with van der Waals surface area (Å²) in [7, 11) is 0. The summed E-state index contributed by atoms with van der Waals surface area (Å²) in [5, 5.41) is 12.9. The van der Waals surface area contributed by atoms with Gasteiger partial charge in [0.1, 0.15) is 16.8 Å². The van der Waals surface area contributed by atoms with Gasteiger partial charge in [-0.2, -0.15) is 5.26 Å². The molecule has 0 radical (unpaired) electrons. The maximum absolute atomic E-state index is 12.1. The van der Waals surface area contributed by atoms with Gasteiger partial charge in [-0.15, -0.1) is 11.3 Å². The second-order valence-corrected chi connectivity index (χ2v) is 6.92. The number of nitrogens with zero attached hydrogens (tertiary/aromatic N) is 1. The van der Waals surface area contributed by atoms with Gasteiger partial charge in [-0.3, -0.25) is 4.79 Å². The minimum atomic E-state index is -0.239. The Morgan fingerprint density at radius 1 is 1.43 bits per heavy atom. The lowest BCUT2D eigenvalue weighted by molar-refractivity contribution is -0.118. The summed E-state index contributed by atoms with van der Waals surface area (Å²) in [5.74, 6) is 1.01. The average Bonchev–Trinajstić information content (AvgIpc) is 2.90. The molecule has 1 N–H and O–H groups in total. The van der Waals surface area contributed by atoms with Crippen molar-refractivity contribution in [1.29, 1.82) is 5.26 Å². The van der Waals surface area contributed by atoms with E-state index >= 15 is 0 Å². The zero-order valence-corrected chi connectivity index (χ0v) is 13.8. The molecular formula is C18H18N2O2S. The van der Waals surface area contributed by atoms with Crippen molar-refractivity contribution >= 4 is 22.2 Å². The molecule has 0 unspecified atom stereocenters. The number of para-hydroxylation sites is 1. The van der Waals surface area contributed by atoms with E-state index in [2.05, 4.69) is 18.3 Å². The van der Waals surface area contributed by atoms with Gasteiger partial charge in [0.15, 0.2) is 6.61 Å². The van der Waals surface area contributed by atoms with E-state index in [9.17, 15) is 10.1 Å². The van der Waals surface area contributed by atoms with Crippen molar-refractivity contribution in [3.63, 3.8) is 0 Å². The van der Waals surface area contributed by atoms with Crippen LogP contribution in [0.1, 0.15) is 29.3 Å². The fourth-order valence-electron chi connectivity index (χ4n) is 2.79. The van der Waals surface area contributed by atoms with Crippen LogP contribution in [0, 0.1) is 17.2 Å². The Hall–Kier alpha value is -2.32. The van der Waals surface area contributed by atoms with Crippen LogP contribution in [0.3, 0.4) is 0 Å². The van der Waals surface area contributed by atoms with Crippen LogP contribution in [-0.4, -0.2) is 12.5 Å². The van der Waals surface area contributed by atoms with Crippen LogP contribution >= 0.6 is 11.3 Å². The van der Waals surface area contributed by atoms with Crippen molar-refractivity contribution < 1.29 is 9.53 Å². The van der Waals surface area contributed by atoms with Gasteiger partial charge >= 0.3 is 0 Å². The number of thiophene rings is 1. The molecular weight excluding hydrogens is 308 g/mol. The van der Waals surface area contributed by atoms with Gasteiger partial charge in [0, 0.05) is 4.88 Å². The molecule has 0 saturated carbocycles. The van der Waals surface area contributed by atoms with Gasteiger partial charge in [0.2, 0.25) is 0 Å². The molecule has 3 rings (SSSR count). The lowest BCUT2D eigenvalue weighted by Crippen LogP contribution is -2.20. The number of ether oxygens (including phenoxy) is 1. The standard InChI is InChI=1S/C18H18N2O2S/c1-12-7-8-16-14(9-12)15(10-19)18(23-16)20-17(21)11-22-13-5-3-2-4-6-13/h2-6,12H,7-9,11H2,1H3,(H,20,21)/t12-/m1/s1. The number of nitriles is 1. The predicted octanol–water partition coefficient (Wildman–Crippen LogP) is 3.76. The highest BCUT2D eigenvalue weighted by Gasteiger charge is 2.24. The van der Waals surface area contributed by atoms with Crippen LogP contribution in [-0.2, 0) is 17.6 Å². The Morgan fingerprint density at radius 3 is 2.96 bits per heavy atom. The maximum Gasteiger partial charge on any atom is 0.262 e. The van der Waals surface area contributed by atoms with Crippen molar-refractivity contribution in [1.82, 2.24) is 0 Å². The van der Waals surface area contributed by atoms with Gasteiger partial charge in [-0.1, -0.05) is 25.1 Å². The normalized spacial score (nSPS) is 16.3. The van der Waals surface area contributed by atoms with E-state index in [1.165, 1.54) is 16.2 Å². The molecule has 5 heteroatoms. The van der Waals surface area contributed by atoms with Crippen molar-refractivity contribution in [3.05, 3.63) is 46.3 Å². The molecule has 0 fully saturated rings. The molecule has 23 heavy (non-hydrogen) atoms. The monoisotopic (exact) mass is 326 g/mol. The van der Waals surface area contributed by atoms with E-state index in [0.29, 0.717) is 22.2 Å². The molecule has 1 atom stereocenters. The molecule has 0 spiro atoms. The molecule has 1 aliphatic rings. The number of rotatable bonds is 4. The zero-order chi connectivity index (χ0) is 16.2. The fraction of sp³-hybridized carbons (Fsp3) is 0.333. The average molecular weight is 326 g/mol. The summed E-state index contributed by atoms with van der Waals surface area (Å²) in [6.07, 6.45) is 3.06. The molecule has 1 aromatic carbocycles. The Morgan fingerprint density at radius 2 is 2.22 bits per heavy atom. The molecule has 1 amide bonds. The number of fused-ring (bicyclic) bond motifs is 1. The highest BCUT2D eigenvalue weighted by Crippen LogP contribution is 2.39. The molecule has 1 heterocycles. The van der Waals surface area contributed by atoms with Crippen molar-refractivity contribution in [3.8, 4) is 11.8 Å². The van der Waals surface area contributed by atoms with E-state index in [1.54, 1.807) is 12.1 Å². The van der Waals surface area contributed by atoms with Crippen LogP contribution in [0.2, 0.25) is 0 Å². The van der Waals surface area contributed by atoms with Crippen molar-refractivity contribution in [2.24, 2.45) is 5.92 Å². The van der Waals surface area contributed by atoms with Gasteiger partial charge in [-0.25, -0.2) is 0 Å². The zero-order valence-electron chi connectivity index (χ0n) is 13.0. The summed E-state index contributed by atoms with van der Waals surface area (Å²) in [6.45, 7) is 2.14. The van der Waals surface area contributed by atoms with E-state index < -0.39 is 0 Å². The number of amides is 1. The van der Waals surface area contributed by atoms with Crippen LogP contribution in [0.25, 0.3) is 0 Å². The second-order valence-electron chi connectivity index (χ2n) is 5.82. The van der Waals surface area contributed by atoms with Crippen LogP contribution < -0.4 is 10.1 Å².